The Bertz CT molecular complexity index is 141. The lowest BCUT2D eigenvalue weighted by atomic mass is 10.6. The van der Waals surface area contributed by atoms with Crippen LogP contribution < -0.4 is 0 Å². The maximum atomic E-state index is 5.39. The predicted molar refractivity (Wildman–Crippen MR) is 69.0 cm³/mol. The third kappa shape index (κ3) is 13.3. The first-order valence-corrected chi connectivity index (χ1v) is 8.97. The number of hydrogen-bond donors (Lipinski definition) is 0. The van der Waals surface area contributed by atoms with E-state index in [9.17, 15) is 0 Å². The van der Waals surface area contributed by atoms with Crippen molar-refractivity contribution in [2.45, 2.75) is 22.1 Å². The average molecular weight is 314 g/mol. The topological polar surface area (TPSA) is 18.5 Å². The van der Waals surface area contributed by atoms with E-state index in [2.05, 4.69) is 12.2 Å². The van der Waals surface area contributed by atoms with Crippen molar-refractivity contribution < 1.29 is 8.85 Å². The normalized spacial score (nSPS) is 13.9. The van der Waals surface area contributed by atoms with E-state index in [1.165, 1.54) is 0 Å². The summed E-state index contributed by atoms with van der Waals surface area (Å²) in [7, 11) is -1.23. The second-order valence-corrected chi connectivity index (χ2v) is 6.98. The Morgan fingerprint density at radius 2 is 1.21 bits per heavy atom. The minimum absolute atomic E-state index is 0.614. The molecule has 0 aromatic rings. The van der Waals surface area contributed by atoms with Crippen molar-refractivity contribution in [3.05, 3.63) is 12.2 Å². The molecule has 0 heterocycles. The van der Waals surface area contributed by atoms with E-state index in [4.69, 9.17) is 55.3 Å². The molecule has 0 fully saturated rings. The maximum absolute atomic E-state index is 5.39. The van der Waals surface area contributed by atoms with Gasteiger partial charge in [0.1, 0.15) is 0 Å². The van der Waals surface area contributed by atoms with E-state index in [1.807, 2.05) is 0 Å². The van der Waals surface area contributed by atoms with Crippen LogP contribution in [0.2, 0.25) is 12.1 Å². The molecule has 0 amide bonds. The molecule has 0 spiro atoms. The minimum Gasteiger partial charge on any atom is -0.397 e. The van der Waals surface area contributed by atoms with E-state index in [-0.39, 0.29) is 0 Å². The Balaban J connectivity index is 3.12. The van der Waals surface area contributed by atoms with Crippen molar-refractivity contribution in [2.75, 3.05) is 0 Å². The molecule has 0 rings (SSSR count). The van der Waals surface area contributed by atoms with E-state index in [1.54, 1.807) is 0 Å². The highest BCUT2D eigenvalue weighted by atomic mass is 35.5. The molecule has 0 N–H and O–H groups in total. The van der Waals surface area contributed by atoms with Crippen LogP contribution in [0, 0.1) is 0 Å². The van der Waals surface area contributed by atoms with Gasteiger partial charge in [-0.25, -0.2) is 0 Å². The van der Waals surface area contributed by atoms with Crippen molar-refractivity contribution >= 4 is 65.9 Å². The Hall–Kier alpha value is 1.25. The Morgan fingerprint density at radius 3 is 1.50 bits per heavy atom. The summed E-state index contributed by atoms with van der Waals surface area (Å²) >= 11 is 21.5. The summed E-state index contributed by atoms with van der Waals surface area (Å²) in [6.45, 7) is 0. The first-order valence-electron chi connectivity index (χ1n) is 4.07. The molecule has 14 heavy (non-hydrogen) atoms. The molecular formula is C6H12Cl4O2Si2. The van der Waals surface area contributed by atoms with Gasteiger partial charge in [-0.15, -0.1) is 0 Å². The molecule has 0 aliphatic carbocycles. The zero-order valence-corrected chi connectivity index (χ0v) is 13.3. The zero-order valence-electron chi connectivity index (χ0n) is 7.47. The number of rotatable bonds is 8. The lowest BCUT2D eigenvalue weighted by Gasteiger charge is -2.01. The van der Waals surface area contributed by atoms with Crippen LogP contribution in [-0.4, -0.2) is 29.6 Å². The third-order valence-corrected chi connectivity index (χ3v) is 4.85. The molecule has 8 heteroatoms. The zero-order chi connectivity index (χ0) is 10.8. The third-order valence-electron chi connectivity index (χ3n) is 1.22. The second kappa shape index (κ2) is 10.8. The van der Waals surface area contributed by atoms with Crippen molar-refractivity contribution in [1.29, 1.82) is 0 Å². The molecular weight excluding hydrogens is 302 g/mol. The standard InChI is InChI=1S/C6H12Cl4O2Si2/c7-5(8)11-13-3-1-2-4-14-12-6(9)10/h1-2,5-6H,3-4,13-14H2. The largest absolute Gasteiger partial charge is 0.397 e. The summed E-state index contributed by atoms with van der Waals surface area (Å²) in [6, 6.07) is 1.85. The van der Waals surface area contributed by atoms with E-state index in [0.717, 1.165) is 12.1 Å². The van der Waals surface area contributed by atoms with Crippen LogP contribution in [0.15, 0.2) is 12.2 Å². The van der Waals surface area contributed by atoms with Gasteiger partial charge in [-0.05, 0) is 12.1 Å². The van der Waals surface area contributed by atoms with Crippen LogP contribution in [-0.2, 0) is 8.85 Å². The van der Waals surface area contributed by atoms with Crippen molar-refractivity contribution in [3.63, 3.8) is 0 Å². The monoisotopic (exact) mass is 312 g/mol. The van der Waals surface area contributed by atoms with Crippen molar-refractivity contribution in [1.82, 2.24) is 0 Å². The van der Waals surface area contributed by atoms with Crippen LogP contribution in [0.25, 0.3) is 0 Å². The first-order chi connectivity index (χ1) is 6.63. The van der Waals surface area contributed by atoms with Gasteiger partial charge in [-0.2, -0.15) is 0 Å². The lowest BCUT2D eigenvalue weighted by molar-refractivity contribution is 0.377. The number of hydrogen-bond acceptors (Lipinski definition) is 2. The van der Waals surface area contributed by atoms with Gasteiger partial charge in [0.2, 0.25) is 0 Å². The fraction of sp³-hybridized carbons (Fsp3) is 0.667. The average Bonchev–Trinajstić information content (AvgIpc) is 2.08. The number of halogens is 4. The summed E-state index contributed by atoms with van der Waals surface area (Å²) < 4.78 is 10.1. The highest BCUT2D eigenvalue weighted by Gasteiger charge is 1.96. The summed E-state index contributed by atoms with van der Waals surface area (Å²) in [5, 5.41) is -1.36. The van der Waals surface area contributed by atoms with Crippen LogP contribution in [0.4, 0.5) is 0 Å². The van der Waals surface area contributed by atoms with Gasteiger partial charge >= 0.3 is 0 Å². The van der Waals surface area contributed by atoms with Crippen LogP contribution >= 0.6 is 46.4 Å². The quantitative estimate of drug-likeness (QED) is 0.296. The molecule has 0 aliphatic heterocycles. The van der Waals surface area contributed by atoms with Gasteiger partial charge in [-0.3, -0.25) is 0 Å². The maximum Gasteiger partial charge on any atom is 0.197 e. The van der Waals surface area contributed by atoms with Gasteiger partial charge in [-0.1, -0.05) is 58.6 Å². The summed E-state index contributed by atoms with van der Waals surface area (Å²) in [5.74, 6) is 0. The molecule has 0 radical (unpaired) electrons. The summed E-state index contributed by atoms with van der Waals surface area (Å²) in [5.41, 5.74) is 0. The predicted octanol–water partition coefficient (Wildman–Crippen LogP) is 2.10. The van der Waals surface area contributed by atoms with Gasteiger partial charge < -0.3 is 8.85 Å². The molecule has 2 nitrogen and oxygen atoms in total. The molecule has 0 bridgehead atoms. The van der Waals surface area contributed by atoms with Gasteiger partial charge in [0.15, 0.2) is 29.6 Å². The first kappa shape index (κ1) is 15.3. The van der Waals surface area contributed by atoms with Crippen LogP contribution in [0.3, 0.4) is 0 Å². The Labute approximate surface area is 109 Å². The molecule has 0 aromatic carbocycles. The SMILES string of the molecule is ClC(Cl)O[SiH2]CC=CC[SiH2]OC(Cl)Cl. The Kier molecular flexibility index (Phi) is 11.7. The lowest BCUT2D eigenvalue weighted by Crippen LogP contribution is -2.01. The minimum atomic E-state index is -0.680. The molecule has 0 saturated carbocycles. The fourth-order valence-electron chi connectivity index (χ4n) is 0.686. The molecule has 0 unspecified atom stereocenters. The summed E-state index contributed by atoms with van der Waals surface area (Å²) in [4.78, 5) is 0. The van der Waals surface area contributed by atoms with Gasteiger partial charge in [0, 0.05) is 0 Å². The summed E-state index contributed by atoms with van der Waals surface area (Å²) in [6.07, 6.45) is 4.10. The second-order valence-electron chi connectivity index (χ2n) is 2.31. The van der Waals surface area contributed by atoms with Crippen molar-refractivity contribution in [2.24, 2.45) is 0 Å². The fourth-order valence-corrected chi connectivity index (χ4v) is 3.13. The Morgan fingerprint density at radius 1 is 0.857 bits per heavy atom. The van der Waals surface area contributed by atoms with E-state index >= 15 is 0 Å². The molecule has 0 aromatic heterocycles. The van der Waals surface area contributed by atoms with E-state index < -0.39 is 29.6 Å². The van der Waals surface area contributed by atoms with Crippen molar-refractivity contribution in [3.8, 4) is 0 Å². The number of alkyl halides is 4. The molecule has 0 atom stereocenters. The van der Waals surface area contributed by atoms with Crippen LogP contribution in [0.5, 0.6) is 0 Å². The van der Waals surface area contributed by atoms with Gasteiger partial charge in [0.05, 0.1) is 0 Å². The molecule has 84 valence electrons. The number of allylic oxidation sites excluding steroid dienone is 2. The highest BCUT2D eigenvalue weighted by molar-refractivity contribution is 6.46. The van der Waals surface area contributed by atoms with Gasteiger partial charge in [0.25, 0.3) is 0 Å². The smallest absolute Gasteiger partial charge is 0.197 e. The molecule has 0 aliphatic rings. The van der Waals surface area contributed by atoms with Crippen LogP contribution in [0.1, 0.15) is 0 Å². The van der Waals surface area contributed by atoms with E-state index in [0.29, 0.717) is 0 Å². The molecule has 0 saturated heterocycles. The highest BCUT2D eigenvalue weighted by Crippen LogP contribution is 2.04.